The molecule has 2 heterocycles. The average Bonchev–Trinajstić information content (AvgIpc) is 3.34. The summed E-state index contributed by atoms with van der Waals surface area (Å²) in [5.74, 6) is 1.63. The number of ether oxygens (including phenoxy) is 5. The SMILES string of the molecule is CC(C)Oc1ccc2c(c1)C(c1ccc3c(c1)OCO3)[C@H](CO[C@@H]1OC[C@@H](O)[C@H](O)[C@H]1O)[C@@H](CO)C2. The average molecular weight is 503 g/mol. The van der Waals surface area contributed by atoms with Crippen LogP contribution in [0.25, 0.3) is 0 Å². The molecule has 3 aliphatic rings. The molecule has 36 heavy (non-hydrogen) atoms. The van der Waals surface area contributed by atoms with Crippen molar-refractivity contribution in [3.63, 3.8) is 0 Å². The fourth-order valence-electron chi connectivity index (χ4n) is 5.43. The topological polar surface area (TPSA) is 127 Å². The first kappa shape index (κ1) is 25.3. The van der Waals surface area contributed by atoms with E-state index < -0.39 is 24.6 Å². The molecule has 0 aromatic heterocycles. The number of hydrogen-bond donors (Lipinski definition) is 4. The molecule has 0 saturated carbocycles. The van der Waals surface area contributed by atoms with E-state index >= 15 is 0 Å². The fraction of sp³-hybridized carbons (Fsp3) is 0.556. The normalized spacial score (nSPS) is 31.4. The van der Waals surface area contributed by atoms with Crippen molar-refractivity contribution < 1.29 is 44.1 Å². The van der Waals surface area contributed by atoms with E-state index in [1.165, 1.54) is 0 Å². The molecule has 2 aromatic rings. The van der Waals surface area contributed by atoms with E-state index in [0.29, 0.717) is 17.9 Å². The molecule has 0 amide bonds. The van der Waals surface area contributed by atoms with Gasteiger partial charge in [-0.2, -0.15) is 0 Å². The van der Waals surface area contributed by atoms with Crippen molar-refractivity contribution in [2.75, 3.05) is 26.6 Å². The summed E-state index contributed by atoms with van der Waals surface area (Å²) >= 11 is 0. The summed E-state index contributed by atoms with van der Waals surface area (Å²) in [6, 6.07) is 11.9. The molecule has 0 bridgehead atoms. The minimum absolute atomic E-state index is 0.0201. The van der Waals surface area contributed by atoms with Gasteiger partial charge in [0.15, 0.2) is 17.8 Å². The zero-order valence-electron chi connectivity index (χ0n) is 20.4. The monoisotopic (exact) mass is 502 g/mol. The van der Waals surface area contributed by atoms with Gasteiger partial charge in [0, 0.05) is 12.5 Å². The highest BCUT2D eigenvalue weighted by atomic mass is 16.7. The van der Waals surface area contributed by atoms with E-state index in [1.807, 2.05) is 38.1 Å². The summed E-state index contributed by atoms with van der Waals surface area (Å²) in [6.07, 6.45) is -4.33. The second-order valence-corrected chi connectivity index (χ2v) is 10.0. The van der Waals surface area contributed by atoms with Crippen molar-refractivity contribution >= 4 is 0 Å². The lowest BCUT2D eigenvalue weighted by Crippen LogP contribution is -2.54. The Labute approximate surface area is 210 Å². The van der Waals surface area contributed by atoms with E-state index in [9.17, 15) is 20.4 Å². The van der Waals surface area contributed by atoms with Crippen LogP contribution in [0.1, 0.15) is 36.5 Å². The third kappa shape index (κ3) is 4.91. The zero-order valence-corrected chi connectivity index (χ0v) is 20.4. The number of hydrogen-bond acceptors (Lipinski definition) is 9. The Morgan fingerprint density at radius 2 is 1.81 bits per heavy atom. The lowest BCUT2D eigenvalue weighted by Gasteiger charge is -2.41. The van der Waals surface area contributed by atoms with Crippen molar-refractivity contribution in [1.82, 2.24) is 0 Å². The van der Waals surface area contributed by atoms with Crippen LogP contribution in [0.15, 0.2) is 36.4 Å². The van der Waals surface area contributed by atoms with Gasteiger partial charge in [0.05, 0.1) is 19.3 Å². The molecule has 1 aliphatic carbocycles. The van der Waals surface area contributed by atoms with Crippen molar-refractivity contribution in [2.24, 2.45) is 11.8 Å². The van der Waals surface area contributed by atoms with E-state index in [4.69, 9.17) is 23.7 Å². The third-order valence-corrected chi connectivity index (χ3v) is 7.24. The van der Waals surface area contributed by atoms with Crippen LogP contribution in [0, 0.1) is 11.8 Å². The Kier molecular flexibility index (Phi) is 7.39. The maximum absolute atomic E-state index is 10.4. The first-order chi connectivity index (χ1) is 17.4. The lowest BCUT2D eigenvalue weighted by molar-refractivity contribution is -0.274. The van der Waals surface area contributed by atoms with Crippen LogP contribution < -0.4 is 14.2 Å². The lowest BCUT2D eigenvalue weighted by atomic mass is 9.67. The molecule has 1 unspecified atom stereocenters. The van der Waals surface area contributed by atoms with Gasteiger partial charge in [0.25, 0.3) is 0 Å². The molecule has 4 N–H and O–H groups in total. The first-order valence-corrected chi connectivity index (χ1v) is 12.4. The predicted molar refractivity (Wildman–Crippen MR) is 128 cm³/mol. The molecular weight excluding hydrogens is 468 g/mol. The molecule has 2 aliphatic heterocycles. The van der Waals surface area contributed by atoms with Crippen molar-refractivity contribution in [3.8, 4) is 17.2 Å². The Bertz CT molecular complexity index is 1060. The molecule has 1 saturated heterocycles. The highest BCUT2D eigenvalue weighted by Gasteiger charge is 2.42. The van der Waals surface area contributed by atoms with Crippen molar-refractivity contribution in [1.29, 1.82) is 0 Å². The van der Waals surface area contributed by atoms with Gasteiger partial charge in [-0.15, -0.1) is 0 Å². The number of aliphatic hydroxyl groups excluding tert-OH is 4. The van der Waals surface area contributed by atoms with Gasteiger partial charge in [-0.1, -0.05) is 12.1 Å². The molecule has 7 atom stereocenters. The van der Waals surface area contributed by atoms with Gasteiger partial charge in [-0.3, -0.25) is 0 Å². The van der Waals surface area contributed by atoms with E-state index in [2.05, 4.69) is 12.1 Å². The second kappa shape index (κ2) is 10.5. The quantitative estimate of drug-likeness (QED) is 0.446. The number of benzene rings is 2. The van der Waals surface area contributed by atoms with Crippen LogP contribution in [0.5, 0.6) is 17.2 Å². The van der Waals surface area contributed by atoms with Crippen molar-refractivity contribution in [3.05, 3.63) is 53.1 Å². The Balaban J connectivity index is 1.50. The second-order valence-electron chi connectivity index (χ2n) is 10.0. The third-order valence-electron chi connectivity index (χ3n) is 7.24. The molecule has 2 aromatic carbocycles. The Morgan fingerprint density at radius 1 is 1.00 bits per heavy atom. The van der Waals surface area contributed by atoms with Gasteiger partial charge in [-0.25, -0.2) is 0 Å². The van der Waals surface area contributed by atoms with E-state index in [0.717, 1.165) is 22.4 Å². The summed E-state index contributed by atoms with van der Waals surface area (Å²) in [4.78, 5) is 0. The maximum Gasteiger partial charge on any atom is 0.231 e. The van der Waals surface area contributed by atoms with Crippen molar-refractivity contribution in [2.45, 2.75) is 56.9 Å². The molecule has 0 radical (unpaired) electrons. The molecule has 196 valence electrons. The predicted octanol–water partition coefficient (Wildman–Crippen LogP) is 1.57. The fourth-order valence-corrected chi connectivity index (χ4v) is 5.43. The van der Waals surface area contributed by atoms with Gasteiger partial charge >= 0.3 is 0 Å². The Hall–Kier alpha value is -2.40. The largest absolute Gasteiger partial charge is 0.491 e. The van der Waals surface area contributed by atoms with Gasteiger partial charge in [-0.05, 0) is 73.1 Å². The number of rotatable bonds is 7. The first-order valence-electron chi connectivity index (χ1n) is 12.4. The number of fused-ring (bicyclic) bond motifs is 2. The van der Waals surface area contributed by atoms with Crippen LogP contribution in [0.4, 0.5) is 0 Å². The van der Waals surface area contributed by atoms with Gasteiger partial charge < -0.3 is 44.1 Å². The van der Waals surface area contributed by atoms with E-state index in [1.54, 1.807) is 0 Å². The standard InChI is InChI=1S/C27H34O9/c1-14(2)36-18-5-3-15-7-17(10-28)20(11-32-27-26(31)25(30)21(29)12-33-27)24(19(15)9-18)16-4-6-22-23(8-16)35-13-34-22/h3-6,8-9,14,17,20-21,24-31H,7,10-13H2,1-2H3/t17-,20-,21-,24?,25+,26-,27-/m1/s1. The zero-order chi connectivity index (χ0) is 25.4. The minimum atomic E-state index is -1.38. The summed E-state index contributed by atoms with van der Waals surface area (Å²) in [5, 5.41) is 40.6. The highest BCUT2D eigenvalue weighted by molar-refractivity contribution is 5.51. The summed E-state index contributed by atoms with van der Waals surface area (Å²) < 4.78 is 28.6. The Morgan fingerprint density at radius 3 is 2.58 bits per heavy atom. The highest BCUT2D eigenvalue weighted by Crippen LogP contribution is 2.47. The molecule has 5 rings (SSSR count). The van der Waals surface area contributed by atoms with Crippen LogP contribution in [-0.4, -0.2) is 77.7 Å². The molecular formula is C27H34O9. The summed E-state index contributed by atoms with van der Waals surface area (Å²) in [7, 11) is 0. The molecule has 9 heteroatoms. The maximum atomic E-state index is 10.4. The van der Waals surface area contributed by atoms with Crippen LogP contribution in [-0.2, 0) is 15.9 Å². The van der Waals surface area contributed by atoms with Gasteiger partial charge in [0.2, 0.25) is 6.79 Å². The summed E-state index contributed by atoms with van der Waals surface area (Å²) in [6.45, 7) is 4.10. The van der Waals surface area contributed by atoms with E-state index in [-0.39, 0.29) is 50.5 Å². The van der Waals surface area contributed by atoms with Crippen LogP contribution in [0.3, 0.4) is 0 Å². The molecule has 0 spiro atoms. The molecule has 9 nitrogen and oxygen atoms in total. The van der Waals surface area contributed by atoms with Gasteiger partial charge in [0.1, 0.15) is 24.1 Å². The molecule has 1 fully saturated rings. The van der Waals surface area contributed by atoms with Crippen LogP contribution >= 0.6 is 0 Å². The smallest absolute Gasteiger partial charge is 0.231 e. The minimum Gasteiger partial charge on any atom is -0.491 e. The van der Waals surface area contributed by atoms with Crippen LogP contribution in [0.2, 0.25) is 0 Å². The number of aliphatic hydroxyl groups is 4. The summed E-state index contributed by atoms with van der Waals surface area (Å²) in [5.41, 5.74) is 3.18.